The molecule has 1 fully saturated rings. The Morgan fingerprint density at radius 2 is 1.83 bits per heavy atom. The van der Waals surface area contributed by atoms with E-state index in [4.69, 9.17) is 4.42 Å². The summed E-state index contributed by atoms with van der Waals surface area (Å²) >= 11 is 3.37. The predicted octanol–water partition coefficient (Wildman–Crippen LogP) is 4.51. The van der Waals surface area contributed by atoms with Gasteiger partial charge in [-0.25, -0.2) is 0 Å². The highest BCUT2D eigenvalue weighted by Gasteiger charge is 2.23. The van der Waals surface area contributed by atoms with Crippen molar-refractivity contribution in [3.05, 3.63) is 80.6 Å². The van der Waals surface area contributed by atoms with E-state index in [9.17, 15) is 9.59 Å². The van der Waals surface area contributed by atoms with Crippen LogP contribution < -0.4 is 10.7 Å². The number of carbonyl (C=O) groups excluding carboxylic acids is 1. The summed E-state index contributed by atoms with van der Waals surface area (Å²) in [4.78, 5) is 27.6. The van der Waals surface area contributed by atoms with Crippen molar-refractivity contribution in [3.8, 4) is 0 Å². The van der Waals surface area contributed by atoms with Gasteiger partial charge in [0.15, 0.2) is 11.2 Å². The molecule has 0 radical (unpaired) electrons. The molecule has 1 unspecified atom stereocenters. The van der Waals surface area contributed by atoms with Crippen molar-refractivity contribution >= 4 is 32.8 Å². The Hall–Kier alpha value is -2.44. The van der Waals surface area contributed by atoms with Gasteiger partial charge in [0.1, 0.15) is 5.58 Å². The minimum Gasteiger partial charge on any atom is -0.451 e. The fraction of sp³-hybridized carbons (Fsp3) is 0.304. The Balaban J connectivity index is 1.55. The van der Waals surface area contributed by atoms with E-state index in [1.54, 1.807) is 18.2 Å². The van der Waals surface area contributed by atoms with Crippen molar-refractivity contribution in [2.75, 3.05) is 19.6 Å². The van der Waals surface area contributed by atoms with Gasteiger partial charge in [-0.3, -0.25) is 14.5 Å². The van der Waals surface area contributed by atoms with Crippen LogP contribution in [0.3, 0.4) is 0 Å². The highest BCUT2D eigenvalue weighted by atomic mass is 79.9. The standard InChI is InChI=1S/C23H23BrN2O3/c24-17-9-10-18-20(27)14-22(29-21(18)13-17)23(28)25-15-19(16-7-3-1-4-8-16)26-11-5-2-6-12-26/h1,3-4,7-10,13-14,19H,2,5-6,11-12,15H2,(H,25,28). The maximum atomic E-state index is 12.8. The molecule has 1 aliphatic heterocycles. The monoisotopic (exact) mass is 454 g/mol. The number of fused-ring (bicyclic) bond motifs is 1. The number of halogens is 1. The largest absolute Gasteiger partial charge is 0.451 e. The van der Waals surface area contributed by atoms with Gasteiger partial charge in [-0.2, -0.15) is 0 Å². The molecule has 29 heavy (non-hydrogen) atoms. The Kier molecular flexibility index (Phi) is 6.11. The summed E-state index contributed by atoms with van der Waals surface area (Å²) in [6.45, 7) is 2.51. The zero-order chi connectivity index (χ0) is 20.2. The Labute approximate surface area is 177 Å². The smallest absolute Gasteiger partial charge is 0.287 e. The van der Waals surface area contributed by atoms with Crippen LogP contribution in [0.1, 0.15) is 41.4 Å². The van der Waals surface area contributed by atoms with Crippen LogP contribution in [0.5, 0.6) is 0 Å². The fourth-order valence-corrected chi connectivity index (χ4v) is 4.22. The molecular weight excluding hydrogens is 432 g/mol. The molecule has 1 amide bonds. The lowest BCUT2D eigenvalue weighted by Crippen LogP contribution is -2.40. The molecule has 2 heterocycles. The van der Waals surface area contributed by atoms with E-state index in [0.29, 0.717) is 17.5 Å². The number of rotatable bonds is 5. The first-order valence-corrected chi connectivity index (χ1v) is 10.7. The molecule has 5 nitrogen and oxygen atoms in total. The summed E-state index contributed by atoms with van der Waals surface area (Å²) in [6, 6.07) is 16.8. The third-order valence-corrected chi connectivity index (χ3v) is 5.88. The average molecular weight is 455 g/mol. The van der Waals surface area contributed by atoms with Gasteiger partial charge in [0.2, 0.25) is 0 Å². The van der Waals surface area contributed by atoms with Gasteiger partial charge in [-0.05, 0) is 49.7 Å². The number of nitrogens with one attached hydrogen (secondary N) is 1. The highest BCUT2D eigenvalue weighted by molar-refractivity contribution is 9.10. The Morgan fingerprint density at radius 3 is 2.59 bits per heavy atom. The lowest BCUT2D eigenvalue weighted by Gasteiger charge is -2.35. The molecule has 3 aromatic rings. The average Bonchev–Trinajstić information content (AvgIpc) is 2.75. The summed E-state index contributed by atoms with van der Waals surface area (Å²) in [5.41, 5.74) is 1.35. The summed E-state index contributed by atoms with van der Waals surface area (Å²) in [5, 5.41) is 3.43. The van der Waals surface area contributed by atoms with Gasteiger partial charge in [0.05, 0.1) is 11.4 Å². The second-order valence-corrected chi connectivity index (χ2v) is 8.26. The maximum Gasteiger partial charge on any atom is 0.287 e. The molecule has 6 heteroatoms. The Morgan fingerprint density at radius 1 is 1.07 bits per heavy atom. The zero-order valence-electron chi connectivity index (χ0n) is 16.1. The van der Waals surface area contributed by atoms with Crippen LogP contribution in [-0.4, -0.2) is 30.4 Å². The van der Waals surface area contributed by atoms with Gasteiger partial charge in [0, 0.05) is 17.1 Å². The zero-order valence-corrected chi connectivity index (χ0v) is 17.7. The number of piperidine rings is 1. The first-order valence-electron chi connectivity index (χ1n) is 9.92. The van der Waals surface area contributed by atoms with Crippen LogP contribution in [-0.2, 0) is 0 Å². The molecule has 1 aliphatic rings. The number of likely N-dealkylation sites (tertiary alicyclic amines) is 1. The van der Waals surface area contributed by atoms with E-state index in [0.717, 1.165) is 17.6 Å². The summed E-state index contributed by atoms with van der Waals surface area (Å²) < 4.78 is 6.50. The topological polar surface area (TPSA) is 62.6 Å². The number of hydrogen-bond acceptors (Lipinski definition) is 4. The van der Waals surface area contributed by atoms with Crippen LogP contribution in [0.2, 0.25) is 0 Å². The predicted molar refractivity (Wildman–Crippen MR) is 117 cm³/mol. The third kappa shape index (κ3) is 4.60. The van der Waals surface area contributed by atoms with E-state index in [2.05, 4.69) is 38.3 Å². The van der Waals surface area contributed by atoms with Crippen molar-refractivity contribution in [2.45, 2.75) is 25.3 Å². The van der Waals surface area contributed by atoms with Crippen LogP contribution in [0.4, 0.5) is 0 Å². The van der Waals surface area contributed by atoms with E-state index in [1.807, 2.05) is 18.2 Å². The fourth-order valence-electron chi connectivity index (χ4n) is 3.88. The second-order valence-electron chi connectivity index (χ2n) is 7.35. The van der Waals surface area contributed by atoms with Gasteiger partial charge < -0.3 is 9.73 Å². The SMILES string of the molecule is O=C(NCC(c1ccccc1)N1CCCCC1)c1cc(=O)c2ccc(Br)cc2o1. The van der Waals surface area contributed by atoms with E-state index in [1.165, 1.54) is 30.9 Å². The van der Waals surface area contributed by atoms with Crippen LogP contribution in [0.15, 0.2) is 68.3 Å². The third-order valence-electron chi connectivity index (χ3n) is 5.39. The normalized spacial score (nSPS) is 15.9. The molecule has 2 aromatic carbocycles. The molecule has 0 aliphatic carbocycles. The number of nitrogens with zero attached hydrogens (tertiary/aromatic N) is 1. The van der Waals surface area contributed by atoms with Gasteiger partial charge in [0.25, 0.3) is 5.91 Å². The van der Waals surface area contributed by atoms with Crippen LogP contribution in [0.25, 0.3) is 11.0 Å². The summed E-state index contributed by atoms with van der Waals surface area (Å²) in [7, 11) is 0. The first kappa shape index (κ1) is 19.9. The van der Waals surface area contributed by atoms with Crippen molar-refractivity contribution in [1.82, 2.24) is 10.2 Å². The highest BCUT2D eigenvalue weighted by Crippen LogP contribution is 2.24. The minimum absolute atomic E-state index is 0.0334. The molecular formula is C23H23BrN2O3. The molecule has 1 atom stereocenters. The lowest BCUT2D eigenvalue weighted by molar-refractivity contribution is 0.0897. The van der Waals surface area contributed by atoms with Gasteiger partial charge >= 0.3 is 0 Å². The molecule has 0 bridgehead atoms. The maximum absolute atomic E-state index is 12.8. The molecule has 1 aromatic heterocycles. The number of carbonyl (C=O) groups is 1. The molecule has 1 saturated heterocycles. The number of amides is 1. The van der Waals surface area contributed by atoms with Crippen molar-refractivity contribution in [1.29, 1.82) is 0 Å². The minimum atomic E-state index is -0.373. The van der Waals surface area contributed by atoms with Gasteiger partial charge in [-0.1, -0.05) is 52.7 Å². The van der Waals surface area contributed by atoms with Crippen molar-refractivity contribution in [2.24, 2.45) is 0 Å². The van der Waals surface area contributed by atoms with Gasteiger partial charge in [-0.15, -0.1) is 0 Å². The van der Waals surface area contributed by atoms with E-state index < -0.39 is 0 Å². The summed E-state index contributed by atoms with van der Waals surface area (Å²) in [6.07, 6.45) is 3.60. The molecule has 4 rings (SSSR count). The van der Waals surface area contributed by atoms with E-state index >= 15 is 0 Å². The van der Waals surface area contributed by atoms with Crippen LogP contribution in [0, 0.1) is 0 Å². The van der Waals surface area contributed by atoms with E-state index in [-0.39, 0.29) is 23.1 Å². The number of hydrogen-bond donors (Lipinski definition) is 1. The molecule has 0 saturated carbocycles. The first-order chi connectivity index (χ1) is 14.1. The quantitative estimate of drug-likeness (QED) is 0.615. The number of benzene rings is 2. The molecule has 0 spiro atoms. The Bertz CT molecular complexity index is 1060. The molecule has 150 valence electrons. The van der Waals surface area contributed by atoms with Crippen molar-refractivity contribution in [3.63, 3.8) is 0 Å². The molecule has 1 N–H and O–H groups in total. The van der Waals surface area contributed by atoms with Crippen LogP contribution >= 0.6 is 15.9 Å². The lowest BCUT2D eigenvalue weighted by atomic mass is 10.0. The second kappa shape index (κ2) is 8.93. The van der Waals surface area contributed by atoms with Crippen molar-refractivity contribution < 1.29 is 9.21 Å². The summed E-state index contributed by atoms with van der Waals surface area (Å²) in [5.74, 6) is -0.340.